The molecule has 0 radical (unpaired) electrons. The van der Waals surface area contributed by atoms with Gasteiger partial charge in [-0.3, -0.25) is 19.5 Å². The topological polar surface area (TPSA) is 121 Å². The molecular formula is C31H43N9O3. The zero-order valence-electron chi connectivity index (χ0n) is 25.2. The molecule has 2 aliphatic rings. The highest BCUT2D eigenvalue weighted by molar-refractivity contribution is 5.99. The third kappa shape index (κ3) is 8.17. The number of ether oxygens (including phenoxy) is 1. The number of carbonyl (C=O) groups is 1. The average Bonchev–Trinajstić information content (AvgIpc) is 3.30. The molecule has 2 aromatic rings. The van der Waals surface area contributed by atoms with Gasteiger partial charge in [0.2, 0.25) is 6.41 Å². The highest BCUT2D eigenvalue weighted by Crippen LogP contribution is 2.24. The summed E-state index contributed by atoms with van der Waals surface area (Å²) in [6.45, 7) is 17.8. The Morgan fingerprint density at radius 1 is 1.14 bits per heavy atom. The van der Waals surface area contributed by atoms with Crippen LogP contribution in [0.25, 0.3) is 0 Å². The van der Waals surface area contributed by atoms with Crippen LogP contribution in [-0.2, 0) is 16.1 Å². The Bertz CT molecular complexity index is 1370. The Morgan fingerprint density at radius 2 is 1.86 bits per heavy atom. The molecule has 2 saturated heterocycles. The molecule has 2 N–H and O–H groups in total. The number of allylic oxidation sites excluding steroid dienone is 3. The molecule has 43 heavy (non-hydrogen) atoms. The predicted octanol–water partition coefficient (Wildman–Crippen LogP) is 3.08. The van der Waals surface area contributed by atoms with E-state index in [4.69, 9.17) is 4.74 Å². The fourth-order valence-corrected chi connectivity index (χ4v) is 5.36. The van der Waals surface area contributed by atoms with E-state index in [1.807, 2.05) is 32.1 Å². The summed E-state index contributed by atoms with van der Waals surface area (Å²) in [5.74, 6) is 0.771. The maximum Gasteiger partial charge on any atom is 0.278 e. The van der Waals surface area contributed by atoms with Crippen LogP contribution in [0, 0.1) is 5.92 Å². The molecule has 0 unspecified atom stereocenters. The van der Waals surface area contributed by atoms with E-state index in [1.165, 1.54) is 34.1 Å². The lowest BCUT2D eigenvalue weighted by atomic mass is 10.0. The second kappa shape index (κ2) is 15.8. The fourth-order valence-electron chi connectivity index (χ4n) is 5.36. The van der Waals surface area contributed by atoms with Crippen molar-refractivity contribution in [2.75, 3.05) is 56.3 Å². The van der Waals surface area contributed by atoms with Gasteiger partial charge in [-0.25, -0.2) is 19.8 Å². The molecule has 3 heterocycles. The number of hydrogen-bond donors (Lipinski definition) is 2. The summed E-state index contributed by atoms with van der Waals surface area (Å²) < 4.78 is 8.43. The Hall–Kier alpha value is -4.29. The van der Waals surface area contributed by atoms with Gasteiger partial charge in [-0.1, -0.05) is 26.0 Å². The van der Waals surface area contributed by atoms with Gasteiger partial charge in [0.1, 0.15) is 12.2 Å². The zero-order chi connectivity index (χ0) is 30.6. The fraction of sp³-hybridized carbons (Fsp3) is 0.452. The van der Waals surface area contributed by atoms with Crippen LogP contribution >= 0.6 is 0 Å². The minimum absolute atomic E-state index is 0.195. The van der Waals surface area contributed by atoms with Crippen molar-refractivity contribution in [3.05, 3.63) is 65.0 Å². The minimum atomic E-state index is -0.329. The number of nitrogens with zero attached hydrogens (tertiary/aromatic N) is 7. The second-order valence-electron chi connectivity index (χ2n) is 10.8. The molecule has 1 aromatic carbocycles. The summed E-state index contributed by atoms with van der Waals surface area (Å²) in [5.41, 5.74) is 4.38. The number of hydrazone groups is 1. The van der Waals surface area contributed by atoms with E-state index < -0.39 is 0 Å². The lowest BCUT2D eigenvalue weighted by molar-refractivity contribution is -0.109. The predicted molar refractivity (Wildman–Crippen MR) is 174 cm³/mol. The summed E-state index contributed by atoms with van der Waals surface area (Å²) in [6.07, 6.45) is 9.49. The van der Waals surface area contributed by atoms with Crippen LogP contribution in [0.5, 0.6) is 0 Å². The van der Waals surface area contributed by atoms with Crippen molar-refractivity contribution in [1.82, 2.24) is 19.7 Å². The molecule has 1 aromatic heterocycles. The number of amides is 1. The Morgan fingerprint density at radius 3 is 2.49 bits per heavy atom. The van der Waals surface area contributed by atoms with E-state index in [1.54, 1.807) is 12.2 Å². The number of hydrogen-bond acceptors (Lipinski definition) is 9. The number of carbonyl (C=O) groups excluding carboxylic acids is 1. The van der Waals surface area contributed by atoms with Crippen LogP contribution in [0.4, 0.5) is 17.2 Å². The third-order valence-electron chi connectivity index (χ3n) is 7.53. The lowest BCUT2D eigenvalue weighted by Gasteiger charge is -2.40. The van der Waals surface area contributed by atoms with E-state index >= 15 is 0 Å². The van der Waals surface area contributed by atoms with Gasteiger partial charge in [0.15, 0.2) is 11.7 Å². The number of aliphatic imine (C=N–C) groups is 2. The number of nitrogens with one attached hydrogen (secondary N) is 2. The monoisotopic (exact) mass is 589 g/mol. The van der Waals surface area contributed by atoms with Gasteiger partial charge >= 0.3 is 0 Å². The van der Waals surface area contributed by atoms with E-state index in [0.717, 1.165) is 45.1 Å². The van der Waals surface area contributed by atoms with Gasteiger partial charge in [-0.15, -0.1) is 6.58 Å². The Labute approximate surface area is 253 Å². The van der Waals surface area contributed by atoms with Crippen LogP contribution in [-0.4, -0.2) is 91.5 Å². The highest BCUT2D eigenvalue weighted by Gasteiger charge is 2.26. The highest BCUT2D eigenvalue weighted by atomic mass is 16.5. The van der Waals surface area contributed by atoms with Gasteiger partial charge in [0.05, 0.1) is 19.8 Å². The quantitative estimate of drug-likeness (QED) is 0.122. The molecule has 2 aliphatic heterocycles. The van der Waals surface area contributed by atoms with Gasteiger partial charge in [0.25, 0.3) is 5.56 Å². The summed E-state index contributed by atoms with van der Waals surface area (Å²) in [4.78, 5) is 37.9. The van der Waals surface area contributed by atoms with Crippen LogP contribution < -0.4 is 21.2 Å². The molecule has 0 bridgehead atoms. The van der Waals surface area contributed by atoms with Gasteiger partial charge in [0, 0.05) is 49.8 Å². The van der Waals surface area contributed by atoms with E-state index in [2.05, 4.69) is 61.1 Å². The van der Waals surface area contributed by atoms with Crippen molar-refractivity contribution >= 4 is 42.4 Å². The number of morpholine rings is 1. The summed E-state index contributed by atoms with van der Waals surface area (Å²) >= 11 is 0. The molecule has 230 valence electrons. The van der Waals surface area contributed by atoms with Crippen LogP contribution in [0.15, 0.2) is 69.0 Å². The van der Waals surface area contributed by atoms with Crippen LogP contribution in [0.2, 0.25) is 0 Å². The average molecular weight is 590 g/mol. The normalized spacial score (nSPS) is 17.2. The first-order chi connectivity index (χ1) is 21.0. The maximum atomic E-state index is 13.4. The lowest BCUT2D eigenvalue weighted by Crippen LogP contribution is -2.49. The van der Waals surface area contributed by atoms with Gasteiger partial charge in [-0.05, 0) is 55.8 Å². The molecule has 1 amide bonds. The van der Waals surface area contributed by atoms with Crippen LogP contribution in [0.3, 0.4) is 0 Å². The SMILES string of the molecule is C=CCn1c(=O)c(/C=N\CNc2ccc(N3CCC(N4CCOCC4)CC3)cc2)c(N=C)n1C(/C=C\C(C)C)=N/NC=O. The second-order valence-corrected chi connectivity index (χ2v) is 10.8. The van der Waals surface area contributed by atoms with Gasteiger partial charge in [-0.2, -0.15) is 5.10 Å². The van der Waals surface area contributed by atoms with Crippen molar-refractivity contribution in [3.63, 3.8) is 0 Å². The first-order valence-electron chi connectivity index (χ1n) is 14.8. The van der Waals surface area contributed by atoms with Crippen molar-refractivity contribution in [2.45, 2.75) is 39.3 Å². The van der Waals surface area contributed by atoms with Crippen LogP contribution in [0.1, 0.15) is 32.3 Å². The Balaban J connectivity index is 1.41. The van der Waals surface area contributed by atoms with Gasteiger partial charge < -0.3 is 15.0 Å². The molecule has 0 atom stereocenters. The zero-order valence-corrected chi connectivity index (χ0v) is 25.2. The van der Waals surface area contributed by atoms with Crippen molar-refractivity contribution < 1.29 is 9.53 Å². The molecule has 0 spiro atoms. The van der Waals surface area contributed by atoms with Crippen molar-refractivity contribution in [3.8, 4) is 0 Å². The summed E-state index contributed by atoms with van der Waals surface area (Å²) in [6, 6.07) is 9.01. The standard InChI is InChI=1S/C31H43N9O3/c1-5-14-39-31(42)28(30(32-4)40(39)29(36-35-23-41)11-6-24(2)3)21-33-22-34-25-7-9-26(10-8-25)37-15-12-27(13-16-37)38-17-19-43-20-18-38/h5-11,21,23-24,27,34H,1,4,12-20,22H2,2-3H3,(H,35,41)/b11-6-,33-21-,36-29+. The summed E-state index contributed by atoms with van der Waals surface area (Å²) in [7, 11) is 0. The largest absolute Gasteiger partial charge is 0.379 e. The number of anilines is 2. The Kier molecular flexibility index (Phi) is 11.6. The van der Waals surface area contributed by atoms with E-state index in [-0.39, 0.29) is 36.1 Å². The number of benzene rings is 1. The number of aromatic nitrogens is 2. The maximum absolute atomic E-state index is 13.4. The molecule has 12 nitrogen and oxygen atoms in total. The molecule has 2 fully saturated rings. The molecular weight excluding hydrogens is 546 g/mol. The molecule has 4 rings (SSSR count). The summed E-state index contributed by atoms with van der Waals surface area (Å²) in [5, 5.41) is 7.40. The minimum Gasteiger partial charge on any atom is -0.379 e. The molecule has 0 saturated carbocycles. The first kappa shape index (κ1) is 31.6. The number of piperidine rings is 1. The van der Waals surface area contributed by atoms with E-state index in [0.29, 0.717) is 18.3 Å². The van der Waals surface area contributed by atoms with Crippen molar-refractivity contribution in [1.29, 1.82) is 0 Å². The number of rotatable bonds is 13. The first-order valence-corrected chi connectivity index (χ1v) is 14.8. The van der Waals surface area contributed by atoms with E-state index in [9.17, 15) is 9.59 Å². The third-order valence-corrected chi connectivity index (χ3v) is 7.53. The smallest absolute Gasteiger partial charge is 0.278 e. The molecule has 0 aliphatic carbocycles. The van der Waals surface area contributed by atoms with Crippen molar-refractivity contribution in [2.24, 2.45) is 21.0 Å². The molecule has 12 heteroatoms.